The molecule has 0 unspecified atom stereocenters. The molecule has 6 heteroatoms. The van der Waals surface area contributed by atoms with E-state index >= 15 is 0 Å². The highest BCUT2D eigenvalue weighted by Gasteiger charge is 2.28. The quantitative estimate of drug-likeness (QED) is 0.886. The molecule has 1 heterocycles. The van der Waals surface area contributed by atoms with Gasteiger partial charge in [-0.05, 0) is 37.1 Å². The number of aromatic nitrogens is 1. The zero-order valence-corrected chi connectivity index (χ0v) is 13.7. The molecule has 1 saturated carbocycles. The van der Waals surface area contributed by atoms with Crippen LogP contribution in [0.4, 0.5) is 0 Å². The van der Waals surface area contributed by atoms with Crippen molar-refractivity contribution in [2.24, 2.45) is 0 Å². The van der Waals surface area contributed by atoms with Crippen LogP contribution in [0.25, 0.3) is 0 Å². The summed E-state index contributed by atoms with van der Waals surface area (Å²) < 4.78 is 12.5. The molecule has 0 aliphatic heterocycles. The highest BCUT2D eigenvalue weighted by molar-refractivity contribution is 5.93. The average Bonchev–Trinajstić information content (AvgIpc) is 3.35. The lowest BCUT2D eigenvalue weighted by Crippen LogP contribution is -2.29. The van der Waals surface area contributed by atoms with Crippen LogP contribution < -0.4 is 14.8 Å². The Hall–Kier alpha value is -2.94. The maximum absolute atomic E-state index is 12.6. The number of hydrogen-bond acceptors (Lipinski definition) is 4. The van der Waals surface area contributed by atoms with Crippen LogP contribution in [0.2, 0.25) is 0 Å². The van der Waals surface area contributed by atoms with E-state index in [1.165, 1.54) is 7.11 Å². The molecule has 3 rings (SSSR count). The van der Waals surface area contributed by atoms with Crippen molar-refractivity contribution in [1.29, 1.82) is 5.26 Å². The molecule has 0 saturated heterocycles. The van der Waals surface area contributed by atoms with Crippen LogP contribution >= 0.6 is 0 Å². The van der Waals surface area contributed by atoms with Crippen LogP contribution in [0.1, 0.15) is 41.0 Å². The van der Waals surface area contributed by atoms with Crippen molar-refractivity contribution in [3.05, 3.63) is 47.8 Å². The first-order chi connectivity index (χ1) is 11.7. The van der Waals surface area contributed by atoms with E-state index in [4.69, 9.17) is 9.47 Å². The summed E-state index contributed by atoms with van der Waals surface area (Å²) in [6.07, 6.45) is 4.08. The average molecular weight is 325 g/mol. The lowest BCUT2D eigenvalue weighted by molar-refractivity contribution is 0.0935. The van der Waals surface area contributed by atoms with E-state index in [1.807, 2.05) is 16.8 Å². The zero-order chi connectivity index (χ0) is 17.1. The molecule has 1 fully saturated rings. The van der Waals surface area contributed by atoms with Gasteiger partial charge in [0.1, 0.15) is 23.2 Å². The Bertz CT molecular complexity index is 787. The van der Waals surface area contributed by atoms with E-state index in [-0.39, 0.29) is 5.91 Å². The third kappa shape index (κ3) is 3.06. The number of amides is 1. The van der Waals surface area contributed by atoms with Gasteiger partial charge in [-0.2, -0.15) is 5.26 Å². The number of carbonyl (C=O) groups is 1. The number of methoxy groups -OCH3 is 2. The predicted octanol–water partition coefficient (Wildman–Crippen LogP) is 2.83. The number of benzene rings is 1. The van der Waals surface area contributed by atoms with Crippen molar-refractivity contribution in [3.63, 3.8) is 0 Å². The smallest absolute Gasteiger partial charge is 0.269 e. The number of nitriles is 1. The van der Waals surface area contributed by atoms with Crippen molar-refractivity contribution < 1.29 is 14.3 Å². The largest absolute Gasteiger partial charge is 0.497 e. The molecule has 1 aliphatic rings. The summed E-state index contributed by atoms with van der Waals surface area (Å²) in [5.41, 5.74) is 1.17. The fourth-order valence-corrected chi connectivity index (χ4v) is 2.70. The third-order valence-electron chi connectivity index (χ3n) is 4.11. The molecule has 1 amide bonds. The summed E-state index contributed by atoms with van der Waals surface area (Å²) in [7, 11) is 3.08. The second-order valence-electron chi connectivity index (χ2n) is 5.68. The summed E-state index contributed by atoms with van der Waals surface area (Å²) in [5, 5.41) is 12.3. The topological polar surface area (TPSA) is 76.3 Å². The van der Waals surface area contributed by atoms with E-state index in [9.17, 15) is 10.1 Å². The second-order valence-corrected chi connectivity index (χ2v) is 5.68. The lowest BCUT2D eigenvalue weighted by atomic mass is 10.1. The predicted molar refractivity (Wildman–Crippen MR) is 88.1 cm³/mol. The van der Waals surface area contributed by atoms with Crippen molar-refractivity contribution in [2.45, 2.75) is 24.9 Å². The van der Waals surface area contributed by atoms with Gasteiger partial charge >= 0.3 is 0 Å². The van der Waals surface area contributed by atoms with E-state index < -0.39 is 6.04 Å². The Labute approximate surface area is 140 Å². The highest BCUT2D eigenvalue weighted by atomic mass is 16.5. The Kier molecular flexibility index (Phi) is 4.43. The molecule has 0 bridgehead atoms. The SMILES string of the molecule is COc1ccc([C@H](C#N)NC(=O)c2cccn2C2CC2)c(OC)c1. The molecule has 6 nitrogen and oxygen atoms in total. The van der Waals surface area contributed by atoms with Crippen molar-refractivity contribution in [3.8, 4) is 17.6 Å². The number of carbonyl (C=O) groups excluding carboxylic acids is 1. The van der Waals surface area contributed by atoms with Crippen LogP contribution in [0, 0.1) is 11.3 Å². The van der Waals surface area contributed by atoms with Crippen molar-refractivity contribution in [1.82, 2.24) is 9.88 Å². The van der Waals surface area contributed by atoms with Gasteiger partial charge in [-0.15, -0.1) is 0 Å². The summed E-state index contributed by atoms with van der Waals surface area (Å²) in [4.78, 5) is 12.6. The number of nitrogens with zero attached hydrogens (tertiary/aromatic N) is 2. The molecule has 2 aromatic rings. The first kappa shape index (κ1) is 15.9. The lowest BCUT2D eigenvalue weighted by Gasteiger charge is -2.17. The monoisotopic (exact) mass is 325 g/mol. The molecule has 1 N–H and O–H groups in total. The van der Waals surface area contributed by atoms with Crippen LogP contribution in [-0.2, 0) is 0 Å². The Balaban J connectivity index is 1.83. The third-order valence-corrected chi connectivity index (χ3v) is 4.11. The highest BCUT2D eigenvalue weighted by Crippen LogP contribution is 2.36. The minimum Gasteiger partial charge on any atom is -0.497 e. The van der Waals surface area contributed by atoms with Gasteiger partial charge in [-0.3, -0.25) is 4.79 Å². The number of ether oxygens (including phenoxy) is 2. The van der Waals surface area contributed by atoms with Gasteiger partial charge in [0, 0.05) is 23.9 Å². The standard InChI is InChI=1S/C18H19N3O3/c1-23-13-7-8-14(17(10-13)24-2)15(11-19)20-18(22)16-4-3-9-21(16)12-5-6-12/h3-4,7-10,12,15H,5-6H2,1-2H3,(H,20,22)/t15-/m0/s1. The minimum absolute atomic E-state index is 0.267. The van der Waals surface area contributed by atoms with Gasteiger partial charge in [0.25, 0.3) is 5.91 Å². The van der Waals surface area contributed by atoms with Gasteiger partial charge in [0.15, 0.2) is 0 Å². The normalized spacial score (nSPS) is 14.5. The van der Waals surface area contributed by atoms with Crippen molar-refractivity contribution >= 4 is 5.91 Å². The van der Waals surface area contributed by atoms with E-state index in [2.05, 4.69) is 11.4 Å². The van der Waals surface area contributed by atoms with Crippen LogP contribution in [0.5, 0.6) is 11.5 Å². The molecule has 0 radical (unpaired) electrons. The minimum atomic E-state index is -0.805. The van der Waals surface area contributed by atoms with E-state index in [0.29, 0.717) is 28.8 Å². The molecule has 1 aromatic heterocycles. The molecule has 1 atom stereocenters. The maximum Gasteiger partial charge on any atom is 0.269 e. The first-order valence-corrected chi connectivity index (χ1v) is 7.77. The fourth-order valence-electron chi connectivity index (χ4n) is 2.70. The number of nitrogens with one attached hydrogen (secondary N) is 1. The molecule has 24 heavy (non-hydrogen) atoms. The van der Waals surface area contributed by atoms with Gasteiger partial charge in [0.05, 0.1) is 20.3 Å². The Morgan fingerprint density at radius 3 is 2.75 bits per heavy atom. The second kappa shape index (κ2) is 6.67. The molecule has 0 spiro atoms. The zero-order valence-electron chi connectivity index (χ0n) is 13.7. The Morgan fingerprint density at radius 2 is 2.12 bits per heavy atom. The molecular formula is C18H19N3O3. The number of hydrogen-bond donors (Lipinski definition) is 1. The van der Waals surface area contributed by atoms with Crippen LogP contribution in [-0.4, -0.2) is 24.7 Å². The molecule has 1 aliphatic carbocycles. The Morgan fingerprint density at radius 1 is 1.33 bits per heavy atom. The van der Waals surface area contributed by atoms with Crippen LogP contribution in [0.15, 0.2) is 36.5 Å². The first-order valence-electron chi connectivity index (χ1n) is 7.77. The van der Waals surface area contributed by atoms with Gasteiger partial charge < -0.3 is 19.4 Å². The maximum atomic E-state index is 12.6. The van der Waals surface area contributed by atoms with Gasteiger partial charge in [0.2, 0.25) is 0 Å². The summed E-state index contributed by atoms with van der Waals surface area (Å²) in [6.45, 7) is 0. The fraction of sp³-hybridized carbons (Fsp3) is 0.333. The van der Waals surface area contributed by atoms with Gasteiger partial charge in [-0.25, -0.2) is 0 Å². The molecule has 124 valence electrons. The number of rotatable bonds is 6. The van der Waals surface area contributed by atoms with Gasteiger partial charge in [-0.1, -0.05) is 0 Å². The molecule has 1 aromatic carbocycles. The van der Waals surface area contributed by atoms with Crippen LogP contribution in [0.3, 0.4) is 0 Å². The van der Waals surface area contributed by atoms with E-state index in [1.54, 1.807) is 31.4 Å². The molecular weight excluding hydrogens is 306 g/mol. The summed E-state index contributed by atoms with van der Waals surface area (Å²) >= 11 is 0. The summed E-state index contributed by atoms with van der Waals surface area (Å²) in [6, 6.07) is 10.5. The van der Waals surface area contributed by atoms with Crippen molar-refractivity contribution in [2.75, 3.05) is 14.2 Å². The summed E-state index contributed by atoms with van der Waals surface area (Å²) in [5.74, 6) is 0.858. The van der Waals surface area contributed by atoms with E-state index in [0.717, 1.165) is 12.8 Å².